The lowest BCUT2D eigenvalue weighted by Gasteiger charge is -2.35. The fourth-order valence-corrected chi connectivity index (χ4v) is 3.75. The first-order valence-corrected chi connectivity index (χ1v) is 8.40. The molecule has 1 saturated heterocycles. The van der Waals surface area contributed by atoms with Gasteiger partial charge in [-0.05, 0) is 67.7 Å². The number of fused-ring (bicyclic) bond motifs is 1. The number of benzene rings is 1. The van der Waals surface area contributed by atoms with Crippen molar-refractivity contribution in [3.8, 4) is 0 Å². The molecule has 4 rings (SSSR count). The maximum absolute atomic E-state index is 13.3. The number of likely N-dealkylation sites (tertiary alicyclic amines) is 1. The Kier molecular flexibility index (Phi) is 3.44. The van der Waals surface area contributed by atoms with Crippen molar-refractivity contribution < 1.29 is 4.39 Å². The van der Waals surface area contributed by atoms with Crippen molar-refractivity contribution in [1.82, 2.24) is 9.88 Å². The number of allylic oxidation sites excluding steroid dienone is 1. The quantitative estimate of drug-likeness (QED) is 0.859. The molecule has 0 amide bonds. The van der Waals surface area contributed by atoms with Crippen molar-refractivity contribution in [3.63, 3.8) is 0 Å². The minimum atomic E-state index is -0.174. The van der Waals surface area contributed by atoms with Crippen LogP contribution in [0.15, 0.2) is 36.7 Å². The van der Waals surface area contributed by atoms with Gasteiger partial charge in [-0.25, -0.2) is 4.39 Å². The molecule has 0 radical (unpaired) electrons. The number of rotatable bonds is 4. The molecule has 0 spiro atoms. The number of hydrogen-bond acceptors (Lipinski definition) is 1. The highest BCUT2D eigenvalue weighted by molar-refractivity contribution is 5.83. The lowest BCUT2D eigenvalue weighted by molar-refractivity contribution is 0.255. The van der Waals surface area contributed by atoms with Crippen LogP contribution in [-0.4, -0.2) is 23.0 Å². The molecule has 1 aliphatic heterocycles. The van der Waals surface area contributed by atoms with E-state index in [1.54, 1.807) is 12.1 Å². The fourth-order valence-electron chi connectivity index (χ4n) is 3.75. The molecule has 1 saturated carbocycles. The van der Waals surface area contributed by atoms with Crippen LogP contribution < -0.4 is 0 Å². The number of hydrogen-bond donors (Lipinski definition) is 1. The Labute approximate surface area is 131 Å². The summed E-state index contributed by atoms with van der Waals surface area (Å²) in [5.41, 5.74) is 3.60. The van der Waals surface area contributed by atoms with Gasteiger partial charge < -0.3 is 9.88 Å². The highest BCUT2D eigenvalue weighted by atomic mass is 19.1. The molecule has 0 unspecified atom stereocenters. The summed E-state index contributed by atoms with van der Waals surface area (Å²) in [5.74, 6) is 1.31. The summed E-state index contributed by atoms with van der Waals surface area (Å²) in [6.07, 6.45) is 8.37. The second-order valence-electron chi connectivity index (χ2n) is 6.91. The first kappa shape index (κ1) is 13.9. The molecule has 1 N–H and O–H groups in total. The third-order valence-corrected chi connectivity index (χ3v) is 5.28. The molecule has 3 heteroatoms. The molecule has 116 valence electrons. The molecule has 2 fully saturated rings. The molecule has 0 atom stereocenters. The van der Waals surface area contributed by atoms with Gasteiger partial charge in [-0.15, -0.1) is 0 Å². The molecule has 0 bridgehead atoms. The van der Waals surface area contributed by atoms with Gasteiger partial charge in [-0.3, -0.25) is 0 Å². The topological polar surface area (TPSA) is 19.0 Å². The van der Waals surface area contributed by atoms with E-state index in [0.717, 1.165) is 37.4 Å². The molecule has 1 aliphatic carbocycles. The third-order valence-electron chi connectivity index (χ3n) is 5.28. The first-order chi connectivity index (χ1) is 10.7. The second-order valence-corrected chi connectivity index (χ2v) is 6.91. The molecular weight excluding hydrogens is 275 g/mol. The van der Waals surface area contributed by atoms with E-state index < -0.39 is 0 Å². The van der Waals surface area contributed by atoms with Crippen molar-refractivity contribution in [3.05, 3.63) is 48.1 Å². The summed E-state index contributed by atoms with van der Waals surface area (Å²) in [7, 11) is 0. The van der Waals surface area contributed by atoms with E-state index in [2.05, 4.69) is 22.7 Å². The first-order valence-electron chi connectivity index (χ1n) is 8.40. The predicted octanol–water partition coefficient (Wildman–Crippen LogP) is 4.80. The van der Waals surface area contributed by atoms with Crippen LogP contribution >= 0.6 is 0 Å². The van der Waals surface area contributed by atoms with Gasteiger partial charge >= 0.3 is 0 Å². The number of aromatic amines is 1. The van der Waals surface area contributed by atoms with E-state index in [4.69, 9.17) is 0 Å². The van der Waals surface area contributed by atoms with E-state index in [-0.39, 0.29) is 5.82 Å². The number of aromatic nitrogens is 1. The Bertz CT molecular complexity index is 691. The lowest BCUT2D eigenvalue weighted by atomic mass is 9.89. The van der Waals surface area contributed by atoms with Gasteiger partial charge in [0.2, 0.25) is 0 Å². The summed E-state index contributed by atoms with van der Waals surface area (Å²) < 4.78 is 13.3. The zero-order chi connectivity index (χ0) is 15.1. The highest BCUT2D eigenvalue weighted by Gasteiger charge is 2.27. The fraction of sp³-hybridized carbons (Fsp3) is 0.474. The summed E-state index contributed by atoms with van der Waals surface area (Å²) >= 11 is 0. The molecular formula is C19H23FN2. The number of H-pyrrole nitrogens is 1. The monoisotopic (exact) mass is 298 g/mol. The predicted molar refractivity (Wildman–Crippen MR) is 88.3 cm³/mol. The van der Waals surface area contributed by atoms with Crippen molar-refractivity contribution in [1.29, 1.82) is 0 Å². The van der Waals surface area contributed by atoms with Crippen LogP contribution in [0, 0.1) is 11.7 Å². The molecule has 1 aromatic carbocycles. The Morgan fingerprint density at radius 1 is 1.23 bits per heavy atom. The average Bonchev–Trinajstić information content (AvgIpc) is 3.24. The third kappa shape index (κ3) is 2.65. The van der Waals surface area contributed by atoms with Crippen molar-refractivity contribution in [2.24, 2.45) is 5.92 Å². The minimum absolute atomic E-state index is 0.174. The van der Waals surface area contributed by atoms with Crippen LogP contribution in [0.3, 0.4) is 0 Å². The van der Waals surface area contributed by atoms with Crippen LogP contribution in [0.1, 0.15) is 43.6 Å². The Morgan fingerprint density at radius 2 is 2.00 bits per heavy atom. The van der Waals surface area contributed by atoms with E-state index >= 15 is 0 Å². The average molecular weight is 298 g/mol. The minimum Gasteiger partial charge on any atom is -0.375 e. The SMILES string of the molecule is C=C(CC1CC1)N1CCC(c2c[nH]c3cc(F)ccc23)CC1. The Morgan fingerprint density at radius 3 is 2.73 bits per heavy atom. The van der Waals surface area contributed by atoms with Crippen molar-refractivity contribution in [2.75, 3.05) is 13.1 Å². The summed E-state index contributed by atoms with van der Waals surface area (Å²) in [6.45, 7) is 6.49. The Balaban J connectivity index is 1.44. The zero-order valence-electron chi connectivity index (χ0n) is 12.9. The van der Waals surface area contributed by atoms with Gasteiger partial charge in [-0.2, -0.15) is 0 Å². The summed E-state index contributed by atoms with van der Waals surface area (Å²) in [5, 5.41) is 1.18. The van der Waals surface area contributed by atoms with Gasteiger partial charge in [0.1, 0.15) is 5.82 Å². The van der Waals surface area contributed by atoms with Gasteiger partial charge in [-0.1, -0.05) is 6.58 Å². The largest absolute Gasteiger partial charge is 0.375 e. The second kappa shape index (κ2) is 5.45. The van der Waals surface area contributed by atoms with Crippen LogP contribution in [0.2, 0.25) is 0 Å². The van der Waals surface area contributed by atoms with E-state index in [1.165, 1.54) is 35.9 Å². The summed E-state index contributed by atoms with van der Waals surface area (Å²) in [4.78, 5) is 5.70. The van der Waals surface area contributed by atoms with Crippen molar-refractivity contribution >= 4 is 10.9 Å². The molecule has 1 aromatic heterocycles. The van der Waals surface area contributed by atoms with E-state index in [0.29, 0.717) is 5.92 Å². The van der Waals surface area contributed by atoms with E-state index in [1.807, 2.05) is 6.07 Å². The molecule has 22 heavy (non-hydrogen) atoms. The smallest absolute Gasteiger partial charge is 0.125 e. The number of nitrogens with one attached hydrogen (secondary N) is 1. The van der Waals surface area contributed by atoms with Gasteiger partial charge in [0.15, 0.2) is 0 Å². The highest BCUT2D eigenvalue weighted by Crippen LogP contribution is 2.38. The zero-order valence-corrected chi connectivity index (χ0v) is 12.9. The van der Waals surface area contributed by atoms with Gasteiger partial charge in [0.05, 0.1) is 0 Å². The van der Waals surface area contributed by atoms with Gasteiger partial charge in [0.25, 0.3) is 0 Å². The number of piperidine rings is 1. The van der Waals surface area contributed by atoms with Crippen LogP contribution in [0.4, 0.5) is 4.39 Å². The molecule has 2 aliphatic rings. The lowest BCUT2D eigenvalue weighted by Crippen LogP contribution is -2.32. The molecule has 2 aromatic rings. The van der Waals surface area contributed by atoms with E-state index in [9.17, 15) is 4.39 Å². The number of nitrogens with zero attached hydrogens (tertiary/aromatic N) is 1. The standard InChI is InChI=1S/C19H23FN2/c1-13(10-14-2-3-14)22-8-6-15(7-9-22)18-12-21-19-11-16(20)4-5-17(18)19/h4-5,11-12,14-15,21H,1-3,6-10H2. The Hall–Kier alpha value is -1.77. The van der Waals surface area contributed by atoms with Crippen LogP contribution in [0.25, 0.3) is 10.9 Å². The maximum atomic E-state index is 13.3. The van der Waals surface area contributed by atoms with Crippen molar-refractivity contribution in [2.45, 2.75) is 38.0 Å². The summed E-state index contributed by atoms with van der Waals surface area (Å²) in [6, 6.07) is 5.06. The normalized spacial score (nSPS) is 19.8. The number of halogens is 1. The van der Waals surface area contributed by atoms with Crippen LogP contribution in [-0.2, 0) is 0 Å². The molecule has 2 nitrogen and oxygen atoms in total. The maximum Gasteiger partial charge on any atom is 0.125 e. The van der Waals surface area contributed by atoms with Gasteiger partial charge in [0, 0.05) is 35.9 Å². The molecule has 2 heterocycles. The van der Waals surface area contributed by atoms with Crippen LogP contribution in [0.5, 0.6) is 0 Å².